The van der Waals surface area contributed by atoms with Gasteiger partial charge in [-0.1, -0.05) is 29.3 Å². The molecular formula is C25H20ClN3O3. The molecule has 0 aliphatic carbocycles. The van der Waals surface area contributed by atoms with Crippen molar-refractivity contribution in [2.75, 3.05) is 5.32 Å². The second-order valence-corrected chi connectivity index (χ2v) is 8.02. The zero-order valence-electron chi connectivity index (χ0n) is 17.6. The summed E-state index contributed by atoms with van der Waals surface area (Å²) in [5, 5.41) is 3.61. The molecule has 1 amide bonds. The Morgan fingerprint density at radius 2 is 1.69 bits per heavy atom. The largest absolute Gasteiger partial charge is 0.337 e. The lowest BCUT2D eigenvalue weighted by atomic mass is 10.0. The number of halogens is 1. The lowest BCUT2D eigenvalue weighted by Crippen LogP contribution is -2.24. The SMILES string of the molecule is Cc1ccc(NC(=O)Cn2cc(C(=O)c3ccncc3)c(=O)c3cc(C)ccc32)c(Cl)c1. The molecule has 2 heterocycles. The van der Waals surface area contributed by atoms with Gasteiger partial charge in [0, 0.05) is 29.5 Å². The molecule has 0 atom stereocenters. The van der Waals surface area contributed by atoms with Crippen molar-refractivity contribution in [2.45, 2.75) is 20.4 Å². The number of carbonyl (C=O) groups excluding carboxylic acids is 2. The van der Waals surface area contributed by atoms with Crippen LogP contribution in [-0.4, -0.2) is 21.2 Å². The molecule has 0 spiro atoms. The molecule has 0 saturated heterocycles. The Bertz CT molecular complexity index is 1410. The Balaban J connectivity index is 1.76. The van der Waals surface area contributed by atoms with Crippen molar-refractivity contribution in [3.05, 3.63) is 105 Å². The number of benzene rings is 2. The molecule has 1 N–H and O–H groups in total. The summed E-state index contributed by atoms with van der Waals surface area (Å²) in [6.07, 6.45) is 4.44. The summed E-state index contributed by atoms with van der Waals surface area (Å²) in [5.74, 6) is -0.750. The number of pyridine rings is 2. The first kappa shape index (κ1) is 21.5. The van der Waals surface area contributed by atoms with Crippen LogP contribution in [0.5, 0.6) is 0 Å². The van der Waals surface area contributed by atoms with E-state index in [2.05, 4.69) is 10.3 Å². The van der Waals surface area contributed by atoms with Crippen LogP contribution in [0.15, 0.2) is 71.9 Å². The topological polar surface area (TPSA) is 81.1 Å². The number of hydrogen-bond donors (Lipinski definition) is 1. The summed E-state index contributed by atoms with van der Waals surface area (Å²) < 4.78 is 1.61. The van der Waals surface area contributed by atoms with Crippen LogP contribution >= 0.6 is 11.6 Å². The van der Waals surface area contributed by atoms with Crippen LogP contribution in [0.25, 0.3) is 10.9 Å². The highest BCUT2D eigenvalue weighted by atomic mass is 35.5. The van der Waals surface area contributed by atoms with Crippen LogP contribution < -0.4 is 10.7 Å². The Hall–Kier alpha value is -3.77. The smallest absolute Gasteiger partial charge is 0.244 e. The number of hydrogen-bond acceptors (Lipinski definition) is 4. The number of aromatic nitrogens is 2. The third-order valence-corrected chi connectivity index (χ3v) is 5.45. The van der Waals surface area contributed by atoms with E-state index in [1.807, 2.05) is 26.0 Å². The molecule has 0 aliphatic heterocycles. The van der Waals surface area contributed by atoms with Crippen LogP contribution in [0.2, 0.25) is 5.02 Å². The number of aryl methyl sites for hydroxylation is 2. The van der Waals surface area contributed by atoms with E-state index >= 15 is 0 Å². The zero-order valence-corrected chi connectivity index (χ0v) is 18.3. The first-order chi connectivity index (χ1) is 15.3. The van der Waals surface area contributed by atoms with E-state index in [0.29, 0.717) is 27.2 Å². The van der Waals surface area contributed by atoms with Crippen LogP contribution in [0.1, 0.15) is 27.0 Å². The van der Waals surface area contributed by atoms with Gasteiger partial charge in [-0.25, -0.2) is 0 Å². The third kappa shape index (κ3) is 4.31. The van der Waals surface area contributed by atoms with E-state index < -0.39 is 5.78 Å². The van der Waals surface area contributed by atoms with Crippen molar-refractivity contribution < 1.29 is 9.59 Å². The Kier molecular flexibility index (Phi) is 5.88. The maximum atomic E-state index is 13.1. The molecule has 32 heavy (non-hydrogen) atoms. The third-order valence-electron chi connectivity index (χ3n) is 5.14. The van der Waals surface area contributed by atoms with Gasteiger partial charge < -0.3 is 9.88 Å². The molecule has 0 bridgehead atoms. The summed E-state index contributed by atoms with van der Waals surface area (Å²) in [6, 6.07) is 13.8. The quantitative estimate of drug-likeness (QED) is 0.457. The molecule has 7 heteroatoms. The van der Waals surface area contributed by atoms with Gasteiger partial charge in [-0.3, -0.25) is 19.4 Å². The second-order valence-electron chi connectivity index (χ2n) is 7.62. The first-order valence-electron chi connectivity index (χ1n) is 9.98. The summed E-state index contributed by atoms with van der Waals surface area (Å²) in [6.45, 7) is 3.68. The van der Waals surface area contributed by atoms with Gasteiger partial charge in [-0.15, -0.1) is 0 Å². The average molecular weight is 446 g/mol. The van der Waals surface area contributed by atoms with E-state index in [-0.39, 0.29) is 23.4 Å². The molecule has 2 aromatic carbocycles. The summed E-state index contributed by atoms with van der Waals surface area (Å²) in [7, 11) is 0. The molecule has 0 fully saturated rings. The molecule has 4 rings (SSSR count). The van der Waals surface area contributed by atoms with Crippen LogP contribution in [0.4, 0.5) is 5.69 Å². The van der Waals surface area contributed by atoms with Crippen molar-refractivity contribution in [3.8, 4) is 0 Å². The van der Waals surface area contributed by atoms with Crippen LogP contribution in [0.3, 0.4) is 0 Å². The number of rotatable bonds is 5. The summed E-state index contributed by atoms with van der Waals surface area (Å²) in [5.41, 5.74) is 2.90. The molecule has 160 valence electrons. The van der Waals surface area contributed by atoms with Crippen molar-refractivity contribution >= 4 is 39.9 Å². The van der Waals surface area contributed by atoms with Gasteiger partial charge in [0.05, 0.1) is 21.8 Å². The fourth-order valence-corrected chi connectivity index (χ4v) is 3.81. The molecule has 2 aromatic heterocycles. The van der Waals surface area contributed by atoms with Gasteiger partial charge in [-0.05, 0) is 55.8 Å². The number of carbonyl (C=O) groups is 2. The van der Waals surface area contributed by atoms with E-state index in [1.165, 1.54) is 18.6 Å². The molecule has 0 saturated carbocycles. The molecule has 4 aromatic rings. The first-order valence-corrected chi connectivity index (χ1v) is 10.4. The number of nitrogens with one attached hydrogen (secondary N) is 1. The Morgan fingerprint density at radius 3 is 2.41 bits per heavy atom. The Labute approximate surface area is 189 Å². The van der Waals surface area contributed by atoms with Crippen molar-refractivity contribution in [3.63, 3.8) is 0 Å². The Morgan fingerprint density at radius 1 is 1.00 bits per heavy atom. The molecule has 6 nitrogen and oxygen atoms in total. The van der Waals surface area contributed by atoms with Crippen molar-refractivity contribution in [1.82, 2.24) is 9.55 Å². The van der Waals surface area contributed by atoms with E-state index in [1.54, 1.807) is 41.0 Å². The lowest BCUT2D eigenvalue weighted by molar-refractivity contribution is -0.116. The van der Waals surface area contributed by atoms with Gasteiger partial charge in [0.15, 0.2) is 5.78 Å². The number of nitrogens with zero attached hydrogens (tertiary/aromatic N) is 2. The predicted octanol–water partition coefficient (Wildman–Crippen LogP) is 4.54. The predicted molar refractivity (Wildman–Crippen MR) is 125 cm³/mol. The normalized spacial score (nSPS) is 10.8. The molecule has 0 radical (unpaired) electrons. The minimum atomic E-state index is -0.420. The fourth-order valence-electron chi connectivity index (χ4n) is 3.53. The standard InChI is InChI=1S/C25H20ClN3O3/c1-15-4-6-22-18(11-15)25(32)19(24(31)17-7-9-27-10-8-17)13-29(22)14-23(30)28-21-5-3-16(2)12-20(21)26/h3-13H,14H2,1-2H3,(H,28,30). The number of amides is 1. The zero-order chi connectivity index (χ0) is 22.8. The summed E-state index contributed by atoms with van der Waals surface area (Å²) in [4.78, 5) is 42.9. The minimum Gasteiger partial charge on any atom is -0.337 e. The van der Waals surface area contributed by atoms with Gasteiger partial charge in [0.25, 0.3) is 0 Å². The van der Waals surface area contributed by atoms with Crippen LogP contribution in [0, 0.1) is 13.8 Å². The van der Waals surface area contributed by atoms with E-state index in [9.17, 15) is 14.4 Å². The number of anilines is 1. The minimum absolute atomic E-state index is 0.00420. The molecule has 0 aliphatic rings. The van der Waals surface area contributed by atoms with Crippen molar-refractivity contribution in [2.24, 2.45) is 0 Å². The highest BCUT2D eigenvalue weighted by molar-refractivity contribution is 6.33. The fraction of sp³-hybridized carbons (Fsp3) is 0.120. The highest BCUT2D eigenvalue weighted by Crippen LogP contribution is 2.23. The number of fused-ring (bicyclic) bond motifs is 1. The highest BCUT2D eigenvalue weighted by Gasteiger charge is 2.18. The van der Waals surface area contributed by atoms with Gasteiger partial charge >= 0.3 is 0 Å². The second kappa shape index (κ2) is 8.77. The average Bonchev–Trinajstić information content (AvgIpc) is 2.78. The summed E-state index contributed by atoms with van der Waals surface area (Å²) >= 11 is 6.23. The maximum Gasteiger partial charge on any atom is 0.244 e. The van der Waals surface area contributed by atoms with Gasteiger partial charge in [-0.2, -0.15) is 0 Å². The van der Waals surface area contributed by atoms with Gasteiger partial charge in [0.2, 0.25) is 11.3 Å². The van der Waals surface area contributed by atoms with Crippen molar-refractivity contribution in [1.29, 1.82) is 0 Å². The monoisotopic (exact) mass is 445 g/mol. The molecule has 0 unspecified atom stereocenters. The van der Waals surface area contributed by atoms with Gasteiger partial charge in [0.1, 0.15) is 6.54 Å². The van der Waals surface area contributed by atoms with E-state index in [0.717, 1.165) is 11.1 Å². The lowest BCUT2D eigenvalue weighted by Gasteiger charge is -2.14. The maximum absolute atomic E-state index is 13.1. The molecular weight excluding hydrogens is 426 g/mol. The van der Waals surface area contributed by atoms with Crippen LogP contribution in [-0.2, 0) is 11.3 Å². The number of ketones is 1. The van der Waals surface area contributed by atoms with E-state index in [4.69, 9.17) is 11.6 Å².